The molecular weight excluding hydrogens is 305 g/mol. The third kappa shape index (κ3) is 3.40. The largest absolute Gasteiger partial charge is 0.336 e. The average molecular weight is 316 g/mol. The number of amides is 1. The molecule has 0 aliphatic rings. The maximum absolute atomic E-state index is 12.9. The first kappa shape index (κ1) is 14.6. The van der Waals surface area contributed by atoms with E-state index in [0.717, 1.165) is 17.8 Å². The minimum Gasteiger partial charge on any atom is -0.336 e. The first-order valence-corrected chi connectivity index (χ1v) is 6.81. The molecule has 0 saturated heterocycles. The number of carbonyl (C=O) groups is 1. The first-order chi connectivity index (χ1) is 9.47. The van der Waals surface area contributed by atoms with Crippen LogP contribution in [0.3, 0.4) is 0 Å². The topological polar surface area (TPSA) is 85.8 Å². The molecule has 0 saturated carbocycles. The van der Waals surface area contributed by atoms with Crippen LogP contribution in [0.5, 0.6) is 0 Å². The van der Waals surface area contributed by atoms with Crippen LogP contribution in [0.2, 0.25) is 5.02 Å². The molecule has 2 aromatic rings. The molecule has 0 unspecified atom stereocenters. The number of aromatic nitrogens is 3. The summed E-state index contributed by atoms with van der Waals surface area (Å²) in [4.78, 5) is 12.0. The number of anilines is 1. The minimum atomic E-state index is -0.470. The average Bonchev–Trinajstić information content (AvgIpc) is 2.78. The molecule has 0 fully saturated rings. The van der Waals surface area contributed by atoms with Gasteiger partial charge in [0.2, 0.25) is 11.1 Å². The molecule has 20 heavy (non-hydrogen) atoms. The number of hydrogen-bond donors (Lipinski definition) is 2. The highest BCUT2D eigenvalue weighted by molar-refractivity contribution is 8.00. The van der Waals surface area contributed by atoms with E-state index in [2.05, 4.69) is 15.5 Å². The van der Waals surface area contributed by atoms with Crippen LogP contribution in [0.15, 0.2) is 29.7 Å². The van der Waals surface area contributed by atoms with Crippen LogP contribution in [-0.4, -0.2) is 26.0 Å². The van der Waals surface area contributed by atoms with E-state index in [1.165, 1.54) is 23.1 Å². The van der Waals surface area contributed by atoms with Crippen molar-refractivity contribution in [2.24, 2.45) is 0 Å². The summed E-state index contributed by atoms with van der Waals surface area (Å²) in [5.41, 5.74) is 0.347. The van der Waals surface area contributed by atoms with Gasteiger partial charge in [-0.3, -0.25) is 4.79 Å². The van der Waals surface area contributed by atoms with Crippen molar-refractivity contribution in [2.75, 3.05) is 11.2 Å². The quantitative estimate of drug-likeness (QED) is 0.665. The Labute approximate surface area is 123 Å². The van der Waals surface area contributed by atoms with Crippen molar-refractivity contribution in [2.45, 2.75) is 17.3 Å². The smallest absolute Gasteiger partial charge is 0.237 e. The van der Waals surface area contributed by atoms with Crippen LogP contribution in [0, 0.1) is 5.82 Å². The van der Waals surface area contributed by atoms with Crippen molar-refractivity contribution in [3.05, 3.63) is 35.4 Å². The van der Waals surface area contributed by atoms with E-state index in [1.54, 1.807) is 6.92 Å². The summed E-state index contributed by atoms with van der Waals surface area (Å²) in [7, 11) is 0. The third-order valence-corrected chi connectivity index (χ3v) is 3.76. The van der Waals surface area contributed by atoms with Gasteiger partial charge in [0, 0.05) is 0 Å². The molecule has 0 aliphatic heterocycles. The number of thioether (sulfide) groups is 1. The summed E-state index contributed by atoms with van der Waals surface area (Å²) in [5.74, 6) is 4.79. The molecule has 0 spiro atoms. The molecule has 1 aromatic heterocycles. The third-order valence-electron chi connectivity index (χ3n) is 2.38. The van der Waals surface area contributed by atoms with Crippen molar-refractivity contribution in [3.8, 4) is 0 Å². The molecule has 6 nitrogen and oxygen atoms in total. The number of hydrogen-bond acceptors (Lipinski definition) is 5. The summed E-state index contributed by atoms with van der Waals surface area (Å²) >= 11 is 6.99. The highest BCUT2D eigenvalue weighted by Crippen LogP contribution is 2.25. The van der Waals surface area contributed by atoms with Gasteiger partial charge in [0.15, 0.2) is 0 Å². The van der Waals surface area contributed by atoms with Crippen molar-refractivity contribution >= 4 is 35.0 Å². The molecule has 1 aromatic carbocycles. The second-order valence-corrected chi connectivity index (χ2v) is 5.61. The Morgan fingerprint density at radius 2 is 2.35 bits per heavy atom. The molecular formula is C11H11ClFN5OS. The second-order valence-electron chi connectivity index (χ2n) is 3.89. The summed E-state index contributed by atoms with van der Waals surface area (Å²) in [6, 6.07) is 3.75. The molecule has 9 heteroatoms. The van der Waals surface area contributed by atoms with Crippen LogP contribution in [0.1, 0.15) is 6.92 Å². The number of carbonyl (C=O) groups excluding carboxylic acids is 1. The Kier molecular flexibility index (Phi) is 4.46. The lowest BCUT2D eigenvalue weighted by Gasteiger charge is -2.12. The maximum Gasteiger partial charge on any atom is 0.237 e. The molecule has 0 radical (unpaired) electrons. The van der Waals surface area contributed by atoms with Crippen molar-refractivity contribution < 1.29 is 9.18 Å². The zero-order valence-electron chi connectivity index (χ0n) is 10.4. The maximum atomic E-state index is 12.9. The number of nitrogen functional groups attached to an aromatic ring is 1. The fourth-order valence-electron chi connectivity index (χ4n) is 1.35. The summed E-state index contributed by atoms with van der Waals surface area (Å²) in [6.07, 6.45) is 1.34. The predicted octanol–water partition coefficient (Wildman–Crippen LogP) is 1.90. The van der Waals surface area contributed by atoms with Crippen molar-refractivity contribution in [1.29, 1.82) is 0 Å². The van der Waals surface area contributed by atoms with Crippen LogP contribution in [-0.2, 0) is 4.79 Å². The van der Waals surface area contributed by atoms with E-state index in [-0.39, 0.29) is 10.9 Å². The van der Waals surface area contributed by atoms with Gasteiger partial charge in [0.1, 0.15) is 12.1 Å². The van der Waals surface area contributed by atoms with Gasteiger partial charge in [0.05, 0.1) is 16.0 Å². The van der Waals surface area contributed by atoms with Crippen molar-refractivity contribution in [1.82, 2.24) is 14.9 Å². The summed E-state index contributed by atoms with van der Waals surface area (Å²) in [5, 5.41) is 10.1. The van der Waals surface area contributed by atoms with E-state index >= 15 is 0 Å². The molecule has 2 rings (SSSR count). The van der Waals surface area contributed by atoms with E-state index in [1.807, 2.05) is 0 Å². The van der Waals surface area contributed by atoms with Gasteiger partial charge < -0.3 is 11.2 Å². The highest BCUT2D eigenvalue weighted by Gasteiger charge is 2.18. The van der Waals surface area contributed by atoms with Crippen LogP contribution >= 0.6 is 23.4 Å². The van der Waals surface area contributed by atoms with E-state index < -0.39 is 11.1 Å². The highest BCUT2D eigenvalue weighted by atomic mass is 35.5. The zero-order chi connectivity index (χ0) is 14.7. The number of rotatable bonds is 4. The van der Waals surface area contributed by atoms with Crippen LogP contribution in [0.25, 0.3) is 0 Å². The lowest BCUT2D eigenvalue weighted by Crippen LogP contribution is -2.23. The number of nitrogens with zero attached hydrogens (tertiary/aromatic N) is 3. The van der Waals surface area contributed by atoms with Gasteiger partial charge >= 0.3 is 0 Å². The molecule has 0 bridgehead atoms. The Bertz CT molecular complexity index is 635. The van der Waals surface area contributed by atoms with Crippen LogP contribution < -0.4 is 11.2 Å². The number of nitrogens with two attached hydrogens (primary N) is 1. The zero-order valence-corrected chi connectivity index (χ0v) is 12.0. The molecule has 3 N–H and O–H groups in total. The van der Waals surface area contributed by atoms with Gasteiger partial charge in [0.25, 0.3) is 0 Å². The van der Waals surface area contributed by atoms with E-state index in [9.17, 15) is 9.18 Å². The summed E-state index contributed by atoms with van der Waals surface area (Å²) < 4.78 is 14.1. The monoisotopic (exact) mass is 315 g/mol. The van der Waals surface area contributed by atoms with Gasteiger partial charge in [-0.2, -0.15) is 0 Å². The van der Waals surface area contributed by atoms with Gasteiger partial charge in [-0.25, -0.2) is 9.07 Å². The minimum absolute atomic E-state index is 0.137. The number of halogens is 2. The Hall–Kier alpha value is -1.80. The van der Waals surface area contributed by atoms with Gasteiger partial charge in [-0.15, -0.1) is 10.2 Å². The number of nitrogens with one attached hydrogen (secondary N) is 1. The Morgan fingerprint density at radius 3 is 2.95 bits per heavy atom. The Balaban J connectivity index is 2.02. The van der Waals surface area contributed by atoms with Gasteiger partial charge in [-0.05, 0) is 25.1 Å². The molecule has 1 amide bonds. The lowest BCUT2D eigenvalue weighted by atomic mass is 10.3. The second kappa shape index (κ2) is 6.10. The van der Waals surface area contributed by atoms with Crippen LogP contribution in [0.4, 0.5) is 10.1 Å². The summed E-state index contributed by atoms with van der Waals surface area (Å²) in [6.45, 7) is 1.69. The molecule has 1 atom stereocenters. The van der Waals surface area contributed by atoms with Crippen molar-refractivity contribution in [3.63, 3.8) is 0 Å². The number of benzene rings is 1. The SMILES string of the molecule is C[C@@H](Sc1nncn1N)C(=O)Nc1ccc(F)cc1Cl. The fraction of sp³-hybridized carbons (Fsp3) is 0.182. The van der Waals surface area contributed by atoms with E-state index in [0.29, 0.717) is 10.8 Å². The molecule has 106 valence electrons. The van der Waals surface area contributed by atoms with Gasteiger partial charge in [-0.1, -0.05) is 23.4 Å². The Morgan fingerprint density at radius 1 is 1.60 bits per heavy atom. The van der Waals surface area contributed by atoms with E-state index in [4.69, 9.17) is 17.4 Å². The molecule has 1 heterocycles. The fourth-order valence-corrected chi connectivity index (χ4v) is 2.31. The lowest BCUT2D eigenvalue weighted by molar-refractivity contribution is -0.115. The predicted molar refractivity (Wildman–Crippen MR) is 75.5 cm³/mol. The normalized spacial score (nSPS) is 12.2. The first-order valence-electron chi connectivity index (χ1n) is 5.55. The standard InChI is InChI=1S/C11H11ClFN5OS/c1-6(20-11-17-15-5-18(11)14)10(19)16-9-3-2-7(13)4-8(9)12/h2-6H,14H2,1H3,(H,16,19)/t6-/m1/s1. The molecule has 0 aliphatic carbocycles.